The molecule has 5 nitrogen and oxygen atoms in total. The Morgan fingerprint density at radius 2 is 2.38 bits per heavy atom. The van der Waals surface area contributed by atoms with Crippen molar-refractivity contribution in [3.63, 3.8) is 0 Å². The maximum Gasteiger partial charge on any atom is 0.270 e. The monoisotopic (exact) mass is 253 g/mol. The van der Waals surface area contributed by atoms with Gasteiger partial charge < -0.3 is 0 Å². The minimum Gasteiger partial charge on any atom is -0.258 e. The Morgan fingerprint density at radius 3 is 2.94 bits per heavy atom. The van der Waals surface area contributed by atoms with Crippen LogP contribution in [0.25, 0.3) is 0 Å². The molecule has 0 atom stereocenters. The molecule has 0 aliphatic heterocycles. The first-order valence-electron chi connectivity index (χ1n) is 4.10. The van der Waals surface area contributed by atoms with E-state index >= 15 is 0 Å². The van der Waals surface area contributed by atoms with Crippen LogP contribution in [0.2, 0.25) is 0 Å². The van der Waals surface area contributed by atoms with Crippen molar-refractivity contribution >= 4 is 33.6 Å². The second-order valence-corrected chi connectivity index (χ2v) is 4.65. The van der Waals surface area contributed by atoms with Gasteiger partial charge in [0.25, 0.3) is 5.69 Å². The number of non-ortho nitro benzene ring substituents is 1. The first-order valence-corrected chi connectivity index (χ1v) is 6.14. The van der Waals surface area contributed by atoms with Gasteiger partial charge in [0.15, 0.2) is 0 Å². The van der Waals surface area contributed by atoms with E-state index in [0.29, 0.717) is 9.27 Å². The predicted molar refractivity (Wildman–Crippen MR) is 65.5 cm³/mol. The van der Waals surface area contributed by atoms with Gasteiger partial charge >= 0.3 is 0 Å². The molecular formula is C9H7N3O2S2. The highest BCUT2D eigenvalue weighted by molar-refractivity contribution is 8.38. The number of rotatable bonds is 2. The average molecular weight is 253 g/mol. The van der Waals surface area contributed by atoms with E-state index in [9.17, 15) is 10.1 Å². The molecule has 0 spiro atoms. The zero-order valence-corrected chi connectivity index (χ0v) is 9.92. The summed E-state index contributed by atoms with van der Waals surface area (Å²) >= 11 is 2.56. The van der Waals surface area contributed by atoms with Crippen molar-refractivity contribution in [3.8, 4) is 6.19 Å². The van der Waals surface area contributed by atoms with Crippen LogP contribution in [-0.2, 0) is 0 Å². The Morgan fingerprint density at radius 1 is 1.62 bits per heavy atom. The summed E-state index contributed by atoms with van der Waals surface area (Å²) in [5.74, 6) is 0. The van der Waals surface area contributed by atoms with E-state index in [1.807, 2.05) is 0 Å². The molecule has 0 bridgehead atoms. The summed E-state index contributed by atoms with van der Waals surface area (Å²) in [5.41, 5.74) is 0.0300. The fraction of sp³-hybridized carbons (Fsp3) is 0.111. The molecular weight excluding hydrogens is 246 g/mol. The van der Waals surface area contributed by atoms with Crippen LogP contribution in [0.1, 0.15) is 0 Å². The number of nitro groups is 1. The third kappa shape index (κ3) is 3.56. The summed E-state index contributed by atoms with van der Waals surface area (Å²) < 4.78 is 0.558. The minimum atomic E-state index is -0.454. The van der Waals surface area contributed by atoms with Gasteiger partial charge in [-0.15, -0.1) is 11.8 Å². The maximum absolute atomic E-state index is 10.5. The third-order valence-corrected chi connectivity index (χ3v) is 3.50. The Labute approximate surface area is 101 Å². The Hall–Kier alpha value is -1.52. The molecule has 82 valence electrons. The predicted octanol–water partition coefficient (Wildman–Crippen LogP) is 2.89. The minimum absolute atomic E-state index is 0.0300. The summed E-state index contributed by atoms with van der Waals surface area (Å²) in [6, 6.07) is 6.21. The topological polar surface area (TPSA) is 79.3 Å². The zero-order valence-electron chi connectivity index (χ0n) is 8.28. The van der Waals surface area contributed by atoms with Gasteiger partial charge in [-0.05, 0) is 12.3 Å². The van der Waals surface area contributed by atoms with E-state index in [1.165, 1.54) is 35.7 Å². The Bertz CT molecular complexity index is 468. The molecule has 1 rings (SSSR count). The molecule has 0 fully saturated rings. The SMILES string of the molecule is CSC(=NC#N)Sc1cccc([N+](=O)[O-])c1. The van der Waals surface area contributed by atoms with E-state index in [4.69, 9.17) is 5.26 Å². The van der Waals surface area contributed by atoms with E-state index in [-0.39, 0.29) is 5.69 Å². The summed E-state index contributed by atoms with van der Waals surface area (Å²) in [6.45, 7) is 0. The molecule has 1 aromatic rings. The molecule has 0 heterocycles. The van der Waals surface area contributed by atoms with Crippen molar-refractivity contribution in [1.29, 1.82) is 5.26 Å². The number of nitriles is 1. The van der Waals surface area contributed by atoms with Crippen molar-refractivity contribution in [1.82, 2.24) is 0 Å². The van der Waals surface area contributed by atoms with Gasteiger partial charge in [-0.1, -0.05) is 17.8 Å². The molecule has 0 aliphatic carbocycles. The van der Waals surface area contributed by atoms with E-state index in [1.54, 1.807) is 24.6 Å². The van der Waals surface area contributed by atoms with E-state index in [0.717, 1.165) is 0 Å². The zero-order chi connectivity index (χ0) is 12.0. The van der Waals surface area contributed by atoms with Gasteiger partial charge in [0.1, 0.15) is 4.38 Å². The van der Waals surface area contributed by atoms with Crippen molar-refractivity contribution in [2.75, 3.05) is 6.26 Å². The Kier molecular flexibility index (Phi) is 4.82. The van der Waals surface area contributed by atoms with Crippen molar-refractivity contribution < 1.29 is 4.92 Å². The number of hydrogen-bond donors (Lipinski definition) is 0. The van der Waals surface area contributed by atoms with Crippen LogP contribution in [-0.4, -0.2) is 15.6 Å². The molecule has 0 aliphatic rings. The van der Waals surface area contributed by atoms with E-state index in [2.05, 4.69) is 4.99 Å². The summed E-state index contributed by atoms with van der Waals surface area (Å²) in [4.78, 5) is 14.4. The molecule has 0 amide bonds. The van der Waals surface area contributed by atoms with Gasteiger partial charge in [-0.25, -0.2) is 0 Å². The number of nitrogens with zero attached hydrogens (tertiary/aromatic N) is 3. The summed E-state index contributed by atoms with van der Waals surface area (Å²) in [5, 5.41) is 19.0. The number of thioether (sulfide) groups is 2. The first kappa shape index (κ1) is 12.5. The van der Waals surface area contributed by atoms with Gasteiger partial charge in [0.2, 0.25) is 6.19 Å². The molecule has 0 aromatic heterocycles. The lowest BCUT2D eigenvalue weighted by Gasteiger charge is -2.00. The molecule has 0 unspecified atom stereocenters. The highest BCUT2D eigenvalue weighted by atomic mass is 32.2. The van der Waals surface area contributed by atoms with E-state index < -0.39 is 4.92 Å². The fourth-order valence-corrected chi connectivity index (χ4v) is 2.28. The summed E-state index contributed by atoms with van der Waals surface area (Å²) in [6.07, 6.45) is 3.48. The number of hydrogen-bond acceptors (Lipinski definition) is 6. The summed E-state index contributed by atoms with van der Waals surface area (Å²) in [7, 11) is 0. The van der Waals surface area contributed by atoms with Crippen LogP contribution >= 0.6 is 23.5 Å². The lowest BCUT2D eigenvalue weighted by atomic mass is 10.3. The standard InChI is InChI=1S/C9H7N3O2S2/c1-15-9(11-6-10)16-8-4-2-3-7(5-8)12(13)14/h2-5H,1H3. The van der Waals surface area contributed by atoms with Crippen LogP contribution in [0.15, 0.2) is 34.2 Å². The van der Waals surface area contributed by atoms with Gasteiger partial charge in [-0.3, -0.25) is 10.1 Å². The normalized spacial score (nSPS) is 10.9. The molecule has 0 radical (unpaired) electrons. The second kappa shape index (κ2) is 6.15. The van der Waals surface area contributed by atoms with Crippen LogP contribution in [0.5, 0.6) is 0 Å². The molecule has 1 aromatic carbocycles. The molecule has 0 saturated carbocycles. The maximum atomic E-state index is 10.5. The number of aliphatic imine (C=N–C) groups is 1. The van der Waals surface area contributed by atoms with Gasteiger partial charge in [0, 0.05) is 17.0 Å². The Balaban J connectivity index is 2.90. The van der Waals surface area contributed by atoms with Crippen LogP contribution in [0.4, 0.5) is 5.69 Å². The molecule has 16 heavy (non-hydrogen) atoms. The van der Waals surface area contributed by atoms with Crippen molar-refractivity contribution in [3.05, 3.63) is 34.4 Å². The fourth-order valence-electron chi connectivity index (χ4n) is 0.912. The number of nitro benzene ring substituents is 1. The van der Waals surface area contributed by atoms with Gasteiger partial charge in [-0.2, -0.15) is 10.3 Å². The lowest BCUT2D eigenvalue weighted by Crippen LogP contribution is -1.88. The molecule has 0 N–H and O–H groups in total. The first-order chi connectivity index (χ1) is 7.67. The van der Waals surface area contributed by atoms with Crippen LogP contribution in [0, 0.1) is 21.6 Å². The molecule has 7 heteroatoms. The van der Waals surface area contributed by atoms with Crippen LogP contribution < -0.4 is 0 Å². The van der Waals surface area contributed by atoms with Crippen molar-refractivity contribution in [2.24, 2.45) is 4.99 Å². The second-order valence-electron chi connectivity index (χ2n) is 2.54. The largest absolute Gasteiger partial charge is 0.270 e. The third-order valence-electron chi connectivity index (χ3n) is 1.55. The average Bonchev–Trinajstić information content (AvgIpc) is 2.29. The van der Waals surface area contributed by atoms with Gasteiger partial charge in [0.05, 0.1) is 4.92 Å². The highest BCUT2D eigenvalue weighted by Crippen LogP contribution is 2.27. The van der Waals surface area contributed by atoms with Crippen LogP contribution in [0.3, 0.4) is 0 Å². The van der Waals surface area contributed by atoms with Crippen molar-refractivity contribution in [2.45, 2.75) is 4.90 Å². The highest BCUT2D eigenvalue weighted by Gasteiger charge is 2.08. The quantitative estimate of drug-likeness (QED) is 0.202. The molecule has 0 saturated heterocycles. The lowest BCUT2D eigenvalue weighted by molar-refractivity contribution is -0.385. The number of benzene rings is 1. The smallest absolute Gasteiger partial charge is 0.258 e.